The minimum atomic E-state index is -0.176. The lowest BCUT2D eigenvalue weighted by Gasteiger charge is -2.10. The Morgan fingerprint density at radius 1 is 0.326 bits per heavy atom. The van der Waals surface area contributed by atoms with E-state index in [-0.39, 0.29) is 17.9 Å². The summed E-state index contributed by atoms with van der Waals surface area (Å²) in [5.41, 5.74) is 10.3. The number of primary amides is 2. The van der Waals surface area contributed by atoms with Crippen LogP contribution >= 0.6 is 0 Å². The molecule has 0 aliphatic carbocycles. The van der Waals surface area contributed by atoms with Crippen molar-refractivity contribution in [3.05, 3.63) is 0 Å². The van der Waals surface area contributed by atoms with Gasteiger partial charge in [0.1, 0.15) is 0 Å². The van der Waals surface area contributed by atoms with Crippen molar-refractivity contribution in [3.63, 3.8) is 0 Å². The topological polar surface area (TPSA) is 106 Å². The van der Waals surface area contributed by atoms with E-state index in [2.05, 4.69) is 0 Å². The lowest BCUT2D eigenvalue weighted by atomic mass is 10.0. The van der Waals surface area contributed by atoms with E-state index < -0.39 is 0 Å². The molecule has 5 N–H and O–H groups in total. The van der Waals surface area contributed by atoms with Crippen molar-refractivity contribution in [3.8, 4) is 0 Å². The minimum absolute atomic E-state index is 0.0903. The van der Waals surface area contributed by atoms with E-state index in [0.29, 0.717) is 12.8 Å². The van der Waals surface area contributed by atoms with Crippen molar-refractivity contribution >= 4 is 11.8 Å². The first-order chi connectivity index (χ1) is 21.0. The van der Waals surface area contributed by atoms with Crippen LogP contribution in [-0.2, 0) is 9.59 Å². The molecule has 1 atom stereocenters. The summed E-state index contributed by atoms with van der Waals surface area (Å²) in [5.74, 6) is -0.334. The monoisotopic (exact) mass is 609 g/mol. The Morgan fingerprint density at radius 2 is 0.488 bits per heavy atom. The van der Waals surface area contributed by atoms with Crippen molar-refractivity contribution in [1.82, 2.24) is 0 Å². The van der Waals surface area contributed by atoms with Gasteiger partial charge in [-0.25, -0.2) is 0 Å². The van der Waals surface area contributed by atoms with E-state index in [0.717, 1.165) is 44.9 Å². The van der Waals surface area contributed by atoms with Gasteiger partial charge in [0.2, 0.25) is 11.8 Å². The molecule has 0 aliphatic heterocycles. The minimum Gasteiger partial charge on any atom is -0.393 e. The van der Waals surface area contributed by atoms with E-state index >= 15 is 0 Å². The Balaban J connectivity index is 3.14. The maximum absolute atomic E-state index is 10.7. The first-order valence-electron chi connectivity index (χ1n) is 19.3. The average Bonchev–Trinajstić information content (AvgIpc) is 2.97. The molecule has 0 aliphatic rings. The summed E-state index contributed by atoms with van der Waals surface area (Å²) in [7, 11) is 0. The Morgan fingerprint density at radius 3 is 0.674 bits per heavy atom. The first-order valence-corrected chi connectivity index (χ1v) is 19.3. The predicted octanol–water partition coefficient (Wildman–Crippen LogP) is 11.0. The molecule has 0 radical (unpaired) electrons. The number of nitrogens with two attached hydrogens (primary N) is 2. The van der Waals surface area contributed by atoms with Gasteiger partial charge in [-0.2, -0.15) is 0 Å². The number of aliphatic hydroxyl groups is 1. The molecule has 0 rings (SSSR count). The third-order valence-electron chi connectivity index (χ3n) is 9.17. The van der Waals surface area contributed by atoms with Crippen molar-refractivity contribution < 1.29 is 14.7 Å². The van der Waals surface area contributed by atoms with Crippen LogP contribution in [0.25, 0.3) is 0 Å². The number of hydrogen-bond donors (Lipinski definition) is 3. The molecule has 1 unspecified atom stereocenters. The zero-order valence-electron chi connectivity index (χ0n) is 28.7. The smallest absolute Gasteiger partial charge is 0.217 e. The maximum atomic E-state index is 10.7. The summed E-state index contributed by atoms with van der Waals surface area (Å²) in [6.45, 7) is 0. The molecule has 256 valence electrons. The highest BCUT2D eigenvalue weighted by Gasteiger charge is 2.04. The quantitative estimate of drug-likeness (QED) is 0.0610. The molecule has 0 aromatic rings. The number of aliphatic hydroxyl groups excluding tert-OH is 1. The summed E-state index contributed by atoms with van der Waals surface area (Å²) in [6.07, 6.45) is 43.5. The largest absolute Gasteiger partial charge is 0.393 e. The van der Waals surface area contributed by atoms with Crippen LogP contribution in [0.2, 0.25) is 0 Å². The summed E-state index contributed by atoms with van der Waals surface area (Å²) >= 11 is 0. The van der Waals surface area contributed by atoms with Crippen LogP contribution in [0.1, 0.15) is 225 Å². The Kier molecular flexibility index (Phi) is 34.5. The molecule has 0 spiro atoms. The van der Waals surface area contributed by atoms with E-state index in [1.54, 1.807) is 0 Å². The van der Waals surface area contributed by atoms with Crippen LogP contribution in [0.15, 0.2) is 0 Å². The second kappa shape index (κ2) is 35.4. The molecule has 5 nitrogen and oxygen atoms in total. The molecule has 0 aromatic carbocycles. The van der Waals surface area contributed by atoms with Crippen LogP contribution in [0.4, 0.5) is 0 Å². The van der Waals surface area contributed by atoms with Gasteiger partial charge in [0.25, 0.3) is 0 Å². The first kappa shape index (κ1) is 41.9. The molecule has 0 heterocycles. The fourth-order valence-corrected chi connectivity index (χ4v) is 6.28. The zero-order chi connectivity index (χ0) is 31.5. The van der Waals surface area contributed by atoms with Gasteiger partial charge in [-0.05, 0) is 25.7 Å². The van der Waals surface area contributed by atoms with Gasteiger partial charge >= 0.3 is 0 Å². The molecule has 0 bridgehead atoms. The number of carbonyl (C=O) groups is 2. The molecular weight excluding hydrogens is 532 g/mol. The summed E-state index contributed by atoms with van der Waals surface area (Å²) in [5, 5.41) is 10.2. The number of amides is 2. The SMILES string of the molecule is NC(=O)CCCCCCCCCCCCCCCCCCCCCCCCCC(O)CCCCCCCCCCC(N)=O. The highest BCUT2D eigenvalue weighted by atomic mass is 16.3. The van der Waals surface area contributed by atoms with Crippen LogP contribution in [-0.4, -0.2) is 23.0 Å². The van der Waals surface area contributed by atoms with Crippen molar-refractivity contribution in [1.29, 1.82) is 0 Å². The van der Waals surface area contributed by atoms with Crippen molar-refractivity contribution in [2.75, 3.05) is 0 Å². The van der Waals surface area contributed by atoms with Gasteiger partial charge in [0.05, 0.1) is 6.10 Å². The second-order valence-electron chi connectivity index (χ2n) is 13.6. The number of hydrogen-bond acceptors (Lipinski definition) is 3. The Labute approximate surface area is 268 Å². The number of carbonyl (C=O) groups excluding carboxylic acids is 2. The molecule has 0 saturated heterocycles. The molecule has 0 fully saturated rings. The van der Waals surface area contributed by atoms with Crippen molar-refractivity contribution in [2.24, 2.45) is 11.5 Å². The third kappa shape index (κ3) is 38.9. The van der Waals surface area contributed by atoms with Crippen LogP contribution in [0.5, 0.6) is 0 Å². The number of rotatable bonds is 37. The van der Waals surface area contributed by atoms with Crippen LogP contribution in [0, 0.1) is 0 Å². The fourth-order valence-electron chi connectivity index (χ4n) is 6.28. The maximum Gasteiger partial charge on any atom is 0.217 e. The molecular formula is C38H76N2O3. The van der Waals surface area contributed by atoms with Crippen LogP contribution in [0.3, 0.4) is 0 Å². The second-order valence-corrected chi connectivity index (χ2v) is 13.6. The Bertz CT molecular complexity index is 584. The highest BCUT2D eigenvalue weighted by molar-refractivity contribution is 5.73. The van der Waals surface area contributed by atoms with Gasteiger partial charge in [-0.15, -0.1) is 0 Å². The molecule has 5 heteroatoms. The van der Waals surface area contributed by atoms with Gasteiger partial charge in [-0.3, -0.25) is 9.59 Å². The standard InChI is InChI=1S/C38H76N2O3/c39-37(42)34-30-26-22-17-15-13-11-9-7-5-3-1-2-4-6-8-10-12-14-16-20-24-28-32-36(41)33-29-25-21-18-19-23-27-31-35-38(40)43/h36,41H,1-35H2,(H2,39,42)(H2,40,43). The van der Waals surface area contributed by atoms with Gasteiger partial charge < -0.3 is 16.6 Å². The van der Waals surface area contributed by atoms with Crippen LogP contribution < -0.4 is 11.5 Å². The van der Waals surface area contributed by atoms with E-state index in [9.17, 15) is 14.7 Å². The lowest BCUT2D eigenvalue weighted by Crippen LogP contribution is -2.09. The van der Waals surface area contributed by atoms with E-state index in [1.807, 2.05) is 0 Å². The summed E-state index contributed by atoms with van der Waals surface area (Å²) in [4.78, 5) is 21.4. The summed E-state index contributed by atoms with van der Waals surface area (Å²) in [6, 6.07) is 0. The fraction of sp³-hybridized carbons (Fsp3) is 0.947. The van der Waals surface area contributed by atoms with Crippen molar-refractivity contribution in [2.45, 2.75) is 231 Å². The van der Waals surface area contributed by atoms with Gasteiger partial charge in [0, 0.05) is 12.8 Å². The van der Waals surface area contributed by atoms with Gasteiger partial charge in [-0.1, -0.05) is 186 Å². The molecule has 0 saturated carbocycles. The highest BCUT2D eigenvalue weighted by Crippen LogP contribution is 2.17. The zero-order valence-corrected chi connectivity index (χ0v) is 28.7. The Hall–Kier alpha value is -1.10. The molecule has 2 amide bonds. The lowest BCUT2D eigenvalue weighted by molar-refractivity contribution is -0.119. The third-order valence-corrected chi connectivity index (χ3v) is 9.17. The van der Waals surface area contributed by atoms with E-state index in [4.69, 9.17) is 11.5 Å². The summed E-state index contributed by atoms with van der Waals surface area (Å²) < 4.78 is 0. The molecule has 43 heavy (non-hydrogen) atoms. The molecule has 0 aromatic heterocycles. The normalized spacial score (nSPS) is 12.1. The van der Waals surface area contributed by atoms with E-state index in [1.165, 1.54) is 167 Å². The predicted molar refractivity (Wildman–Crippen MR) is 186 cm³/mol. The van der Waals surface area contributed by atoms with Gasteiger partial charge in [0.15, 0.2) is 0 Å². The average molecular weight is 609 g/mol. The number of unbranched alkanes of at least 4 members (excludes halogenated alkanes) is 29.